The number of carbonyl (C=O) groups excluding carboxylic acids is 1. The molecule has 0 aliphatic heterocycles. The maximum Gasteiger partial charge on any atom is 0.305 e. The Morgan fingerprint density at radius 2 is 2.09 bits per heavy atom. The van der Waals surface area contributed by atoms with E-state index in [1.807, 2.05) is 5.38 Å². The van der Waals surface area contributed by atoms with Gasteiger partial charge in [0, 0.05) is 24.4 Å². The average Bonchev–Trinajstić information content (AvgIpc) is 3.05. The minimum Gasteiger partial charge on any atom is -0.497 e. The van der Waals surface area contributed by atoms with Crippen LogP contribution < -0.4 is 10.1 Å². The van der Waals surface area contributed by atoms with Gasteiger partial charge in [-0.15, -0.1) is 11.3 Å². The molecular weight excluding hydrogens is 316 g/mol. The number of rotatable bonds is 8. The summed E-state index contributed by atoms with van der Waals surface area (Å²) in [6.45, 7) is 0. The fraction of sp³-hybridized carbons (Fsp3) is 0.312. The van der Waals surface area contributed by atoms with E-state index >= 15 is 0 Å². The minimum atomic E-state index is -0.967. The van der Waals surface area contributed by atoms with Gasteiger partial charge in [-0.2, -0.15) is 0 Å². The van der Waals surface area contributed by atoms with Crippen molar-refractivity contribution in [1.82, 2.24) is 10.3 Å². The second kappa shape index (κ2) is 8.28. The number of benzene rings is 1. The first-order valence-corrected chi connectivity index (χ1v) is 8.00. The molecule has 0 saturated carbocycles. The van der Waals surface area contributed by atoms with Crippen LogP contribution in [0.1, 0.15) is 29.5 Å². The zero-order valence-corrected chi connectivity index (χ0v) is 13.5. The van der Waals surface area contributed by atoms with Crippen LogP contribution in [0.15, 0.2) is 35.8 Å². The number of thiazole rings is 1. The zero-order chi connectivity index (χ0) is 16.7. The van der Waals surface area contributed by atoms with Crippen LogP contribution in [0.25, 0.3) is 0 Å². The number of hydrogen-bond acceptors (Lipinski definition) is 5. The Hall–Kier alpha value is -2.41. The first-order valence-electron chi connectivity index (χ1n) is 7.12. The first kappa shape index (κ1) is 17.0. The number of aliphatic carboxylic acids is 1. The Kier molecular flexibility index (Phi) is 6.10. The van der Waals surface area contributed by atoms with Crippen molar-refractivity contribution in [3.05, 3.63) is 46.4 Å². The number of carboxylic acids is 1. The van der Waals surface area contributed by atoms with E-state index in [4.69, 9.17) is 9.84 Å². The van der Waals surface area contributed by atoms with Gasteiger partial charge in [-0.05, 0) is 17.7 Å². The van der Waals surface area contributed by atoms with Crippen LogP contribution >= 0.6 is 11.3 Å². The van der Waals surface area contributed by atoms with Gasteiger partial charge in [0.25, 0.3) is 0 Å². The molecule has 2 aromatic rings. The van der Waals surface area contributed by atoms with Crippen LogP contribution in [-0.4, -0.2) is 29.1 Å². The normalized spacial score (nSPS) is 11.7. The van der Waals surface area contributed by atoms with Crippen molar-refractivity contribution in [1.29, 1.82) is 0 Å². The molecular formula is C16H18N2O4S. The van der Waals surface area contributed by atoms with E-state index < -0.39 is 12.0 Å². The van der Waals surface area contributed by atoms with Crippen LogP contribution in [0.4, 0.5) is 0 Å². The molecule has 2 rings (SSSR count). The summed E-state index contributed by atoms with van der Waals surface area (Å²) in [6, 6.07) is 6.43. The molecule has 0 saturated heterocycles. The third-order valence-electron chi connectivity index (χ3n) is 3.28. The van der Waals surface area contributed by atoms with Crippen molar-refractivity contribution < 1.29 is 19.4 Å². The Labute approximate surface area is 138 Å². The quantitative estimate of drug-likeness (QED) is 0.774. The molecule has 7 heteroatoms. The predicted octanol–water partition coefficient (Wildman–Crippen LogP) is 2.42. The van der Waals surface area contributed by atoms with Gasteiger partial charge in [-0.3, -0.25) is 9.59 Å². The standard InChI is InChI=1S/C16H18N2O4S/c1-22-12-4-2-11(3-5-12)13(10-16(20)21)18-14(19)6-7-15-17-8-9-23-15/h2-5,8-9,13H,6-7,10H2,1H3,(H,18,19)(H,20,21). The van der Waals surface area contributed by atoms with Gasteiger partial charge in [-0.25, -0.2) is 4.98 Å². The third-order valence-corrected chi connectivity index (χ3v) is 4.12. The number of aryl methyl sites for hydroxylation is 1. The van der Waals surface area contributed by atoms with Gasteiger partial charge in [0.1, 0.15) is 5.75 Å². The maximum absolute atomic E-state index is 12.1. The topological polar surface area (TPSA) is 88.5 Å². The lowest BCUT2D eigenvalue weighted by molar-refractivity contribution is -0.137. The number of carboxylic acid groups (broad SMARTS) is 1. The van der Waals surface area contributed by atoms with Crippen LogP contribution in [-0.2, 0) is 16.0 Å². The van der Waals surface area contributed by atoms with Gasteiger partial charge in [0.2, 0.25) is 5.91 Å². The van der Waals surface area contributed by atoms with Gasteiger partial charge >= 0.3 is 5.97 Å². The van der Waals surface area contributed by atoms with Crippen molar-refractivity contribution in [3.63, 3.8) is 0 Å². The molecule has 1 aromatic carbocycles. The summed E-state index contributed by atoms with van der Waals surface area (Å²) in [5.74, 6) is -0.480. The van der Waals surface area contributed by atoms with E-state index in [0.29, 0.717) is 12.2 Å². The lowest BCUT2D eigenvalue weighted by atomic mass is 10.0. The smallest absolute Gasteiger partial charge is 0.305 e. The Balaban J connectivity index is 1.99. The monoisotopic (exact) mass is 334 g/mol. The number of ether oxygens (including phenoxy) is 1. The van der Waals surface area contributed by atoms with Crippen molar-refractivity contribution in [2.45, 2.75) is 25.3 Å². The van der Waals surface area contributed by atoms with Crippen molar-refractivity contribution in [2.24, 2.45) is 0 Å². The minimum absolute atomic E-state index is 0.171. The maximum atomic E-state index is 12.1. The fourth-order valence-corrected chi connectivity index (χ4v) is 2.75. The van der Waals surface area contributed by atoms with E-state index in [-0.39, 0.29) is 18.7 Å². The van der Waals surface area contributed by atoms with Gasteiger partial charge in [0.15, 0.2) is 0 Å². The lowest BCUT2D eigenvalue weighted by Gasteiger charge is -2.17. The molecule has 0 spiro atoms. The highest BCUT2D eigenvalue weighted by atomic mass is 32.1. The van der Waals surface area contributed by atoms with E-state index in [9.17, 15) is 9.59 Å². The van der Waals surface area contributed by atoms with Gasteiger partial charge in [0.05, 0.1) is 24.6 Å². The number of carbonyl (C=O) groups is 2. The second-order valence-corrected chi connectivity index (χ2v) is 5.90. The summed E-state index contributed by atoms with van der Waals surface area (Å²) in [7, 11) is 1.56. The highest BCUT2D eigenvalue weighted by Gasteiger charge is 2.18. The second-order valence-electron chi connectivity index (χ2n) is 4.92. The van der Waals surface area contributed by atoms with E-state index in [1.165, 1.54) is 11.3 Å². The summed E-state index contributed by atoms with van der Waals surface area (Å²) in [5, 5.41) is 14.6. The van der Waals surface area contributed by atoms with Crippen LogP contribution in [0, 0.1) is 0 Å². The van der Waals surface area contributed by atoms with Crippen molar-refractivity contribution in [3.8, 4) is 5.75 Å². The molecule has 0 fully saturated rings. The van der Waals surface area contributed by atoms with Crippen molar-refractivity contribution >= 4 is 23.2 Å². The number of nitrogens with zero attached hydrogens (tertiary/aromatic N) is 1. The molecule has 1 atom stereocenters. The van der Waals surface area contributed by atoms with Gasteiger partial charge < -0.3 is 15.2 Å². The molecule has 1 amide bonds. The zero-order valence-electron chi connectivity index (χ0n) is 12.7. The molecule has 1 aromatic heterocycles. The summed E-state index contributed by atoms with van der Waals surface area (Å²) >= 11 is 1.50. The predicted molar refractivity (Wildman–Crippen MR) is 86.6 cm³/mol. The molecule has 1 unspecified atom stereocenters. The Bertz CT molecular complexity index is 641. The molecule has 6 nitrogen and oxygen atoms in total. The Morgan fingerprint density at radius 3 is 2.65 bits per heavy atom. The molecule has 0 aliphatic carbocycles. The average molecular weight is 334 g/mol. The van der Waals surface area contributed by atoms with Crippen molar-refractivity contribution in [2.75, 3.05) is 7.11 Å². The largest absolute Gasteiger partial charge is 0.497 e. The molecule has 122 valence electrons. The molecule has 0 radical (unpaired) electrons. The fourth-order valence-electron chi connectivity index (χ4n) is 2.13. The summed E-state index contributed by atoms with van der Waals surface area (Å²) in [5.41, 5.74) is 0.732. The number of amides is 1. The lowest BCUT2D eigenvalue weighted by Crippen LogP contribution is -2.30. The Morgan fingerprint density at radius 1 is 1.35 bits per heavy atom. The molecule has 1 heterocycles. The van der Waals surface area contributed by atoms with Crippen LogP contribution in [0.3, 0.4) is 0 Å². The third kappa shape index (κ3) is 5.37. The highest BCUT2D eigenvalue weighted by molar-refractivity contribution is 7.09. The van der Waals surface area contributed by atoms with Gasteiger partial charge in [-0.1, -0.05) is 12.1 Å². The molecule has 23 heavy (non-hydrogen) atoms. The number of methoxy groups -OCH3 is 1. The molecule has 0 aliphatic rings. The van der Waals surface area contributed by atoms with E-state index in [2.05, 4.69) is 10.3 Å². The molecule has 0 bridgehead atoms. The van der Waals surface area contributed by atoms with E-state index in [0.717, 1.165) is 10.6 Å². The van der Waals surface area contributed by atoms with Crippen LogP contribution in [0.2, 0.25) is 0 Å². The number of aromatic nitrogens is 1. The van der Waals surface area contributed by atoms with Crippen LogP contribution in [0.5, 0.6) is 5.75 Å². The molecule has 2 N–H and O–H groups in total. The summed E-state index contributed by atoms with van der Waals surface area (Å²) in [4.78, 5) is 27.2. The summed E-state index contributed by atoms with van der Waals surface area (Å²) in [6.07, 6.45) is 2.35. The number of nitrogens with one attached hydrogen (secondary N) is 1. The SMILES string of the molecule is COc1ccc(C(CC(=O)O)NC(=O)CCc2nccs2)cc1. The van der Waals surface area contributed by atoms with E-state index in [1.54, 1.807) is 37.6 Å². The summed E-state index contributed by atoms with van der Waals surface area (Å²) < 4.78 is 5.08. The number of hydrogen-bond donors (Lipinski definition) is 2. The highest BCUT2D eigenvalue weighted by Crippen LogP contribution is 2.20. The first-order chi connectivity index (χ1) is 11.1.